The van der Waals surface area contributed by atoms with Crippen LogP contribution in [0.2, 0.25) is 0 Å². The van der Waals surface area contributed by atoms with Crippen molar-refractivity contribution in [1.82, 2.24) is 0 Å². The number of nitrogens with zero attached hydrogens (tertiary/aromatic N) is 1. The molecule has 0 unspecified atom stereocenters. The fourth-order valence-electron chi connectivity index (χ4n) is 2.50. The lowest BCUT2D eigenvalue weighted by Gasteiger charge is -2.44. The summed E-state index contributed by atoms with van der Waals surface area (Å²) in [6.45, 7) is 5.06. The molecule has 0 aromatic carbocycles. The van der Waals surface area contributed by atoms with Gasteiger partial charge in [-0.15, -0.1) is 0 Å². The normalized spacial score (nSPS) is 32.5. The highest BCUT2D eigenvalue weighted by atomic mass is 16.6. The van der Waals surface area contributed by atoms with Crippen LogP contribution in [0.4, 0.5) is 0 Å². The SMILES string of the molecule is CC1(C)CC(=O)[C@@H](O)[C@](C)(OCC[N+](=O)[O-])C1. The fourth-order valence-corrected chi connectivity index (χ4v) is 2.50. The van der Waals surface area contributed by atoms with Crippen molar-refractivity contribution < 1.29 is 19.6 Å². The van der Waals surface area contributed by atoms with Gasteiger partial charge in [-0.25, -0.2) is 0 Å². The fraction of sp³-hybridized carbons (Fsp3) is 0.909. The molecule has 1 rings (SSSR count). The van der Waals surface area contributed by atoms with Gasteiger partial charge in [0.05, 0.1) is 5.60 Å². The summed E-state index contributed by atoms with van der Waals surface area (Å²) < 4.78 is 5.39. The van der Waals surface area contributed by atoms with Crippen LogP contribution in [0.25, 0.3) is 0 Å². The van der Waals surface area contributed by atoms with Gasteiger partial charge in [0.25, 0.3) is 0 Å². The van der Waals surface area contributed by atoms with Gasteiger partial charge in [0.1, 0.15) is 12.7 Å². The Kier molecular flexibility index (Phi) is 3.88. The second kappa shape index (κ2) is 4.70. The molecule has 0 aromatic rings. The van der Waals surface area contributed by atoms with Crippen LogP contribution in [-0.4, -0.2) is 40.7 Å². The van der Waals surface area contributed by atoms with Crippen molar-refractivity contribution in [2.75, 3.05) is 13.2 Å². The minimum atomic E-state index is -1.19. The quantitative estimate of drug-likeness (QED) is 0.584. The lowest BCUT2D eigenvalue weighted by Crippen LogP contribution is -2.55. The Morgan fingerprint density at radius 1 is 1.53 bits per heavy atom. The predicted molar refractivity (Wildman–Crippen MR) is 60.2 cm³/mol. The molecule has 0 aliphatic heterocycles. The van der Waals surface area contributed by atoms with Gasteiger partial charge in [-0.05, 0) is 18.8 Å². The first kappa shape index (κ1) is 14.1. The number of nitro groups is 1. The Labute approximate surface area is 100 Å². The summed E-state index contributed by atoms with van der Waals surface area (Å²) in [6, 6.07) is 0. The predicted octanol–water partition coefficient (Wildman–Crippen LogP) is 0.788. The molecule has 0 aromatic heterocycles. The van der Waals surface area contributed by atoms with Gasteiger partial charge in [-0.1, -0.05) is 13.8 Å². The molecule has 0 amide bonds. The summed E-state index contributed by atoms with van der Waals surface area (Å²) in [4.78, 5) is 21.4. The molecule has 0 bridgehead atoms. The van der Waals surface area contributed by atoms with Crippen molar-refractivity contribution in [2.45, 2.75) is 45.3 Å². The molecule has 1 N–H and O–H groups in total. The van der Waals surface area contributed by atoms with E-state index in [4.69, 9.17) is 4.74 Å². The zero-order valence-corrected chi connectivity index (χ0v) is 10.4. The Morgan fingerprint density at radius 2 is 2.12 bits per heavy atom. The number of aliphatic hydroxyl groups excluding tert-OH is 1. The van der Waals surface area contributed by atoms with Crippen LogP contribution in [0.3, 0.4) is 0 Å². The average Bonchev–Trinajstić information content (AvgIpc) is 2.12. The molecule has 0 saturated heterocycles. The van der Waals surface area contributed by atoms with Gasteiger partial charge in [0, 0.05) is 11.3 Å². The summed E-state index contributed by atoms with van der Waals surface area (Å²) in [5, 5.41) is 20.1. The molecule has 0 radical (unpaired) electrons. The topological polar surface area (TPSA) is 89.7 Å². The number of Topliss-reactive ketones (excluding diaryl/α,β-unsaturated/α-hetero) is 1. The third kappa shape index (κ3) is 3.47. The lowest BCUT2D eigenvalue weighted by atomic mass is 9.68. The summed E-state index contributed by atoms with van der Waals surface area (Å²) in [5.41, 5.74) is -1.27. The zero-order valence-electron chi connectivity index (χ0n) is 10.4. The van der Waals surface area contributed by atoms with Crippen LogP contribution >= 0.6 is 0 Å². The van der Waals surface area contributed by atoms with E-state index in [0.717, 1.165) is 0 Å². The minimum absolute atomic E-state index is 0.0933. The van der Waals surface area contributed by atoms with Crippen molar-refractivity contribution in [3.8, 4) is 0 Å². The number of carbonyl (C=O) groups is 1. The van der Waals surface area contributed by atoms with Crippen LogP contribution in [-0.2, 0) is 9.53 Å². The van der Waals surface area contributed by atoms with E-state index in [-0.39, 0.29) is 24.3 Å². The third-order valence-corrected chi connectivity index (χ3v) is 3.07. The van der Waals surface area contributed by atoms with Gasteiger partial charge in [0.15, 0.2) is 5.78 Å². The van der Waals surface area contributed by atoms with E-state index in [1.165, 1.54) is 0 Å². The average molecular weight is 245 g/mol. The van der Waals surface area contributed by atoms with Crippen LogP contribution < -0.4 is 0 Å². The van der Waals surface area contributed by atoms with Gasteiger partial charge in [0.2, 0.25) is 6.54 Å². The number of hydrogen-bond donors (Lipinski definition) is 1. The first-order valence-corrected chi connectivity index (χ1v) is 5.63. The highest BCUT2D eigenvalue weighted by Gasteiger charge is 2.48. The summed E-state index contributed by atoms with van der Waals surface area (Å²) in [7, 11) is 0. The molecular formula is C11H19NO5. The molecule has 1 saturated carbocycles. The maximum atomic E-state index is 11.7. The van der Waals surface area contributed by atoms with Crippen LogP contribution in [0.15, 0.2) is 0 Å². The molecule has 98 valence electrons. The Bertz CT molecular complexity index is 328. The minimum Gasteiger partial charge on any atom is -0.382 e. The number of rotatable bonds is 4. The third-order valence-electron chi connectivity index (χ3n) is 3.07. The van der Waals surface area contributed by atoms with Crippen LogP contribution in [0.5, 0.6) is 0 Å². The van der Waals surface area contributed by atoms with E-state index in [9.17, 15) is 20.0 Å². The van der Waals surface area contributed by atoms with Crippen molar-refractivity contribution in [3.63, 3.8) is 0 Å². The van der Waals surface area contributed by atoms with E-state index in [0.29, 0.717) is 12.8 Å². The monoisotopic (exact) mass is 245 g/mol. The van der Waals surface area contributed by atoms with Crippen molar-refractivity contribution in [1.29, 1.82) is 0 Å². The van der Waals surface area contributed by atoms with E-state index in [1.807, 2.05) is 13.8 Å². The number of aliphatic hydroxyl groups is 1. The molecule has 1 aliphatic rings. The van der Waals surface area contributed by atoms with E-state index < -0.39 is 16.6 Å². The van der Waals surface area contributed by atoms with Gasteiger partial charge in [-0.3, -0.25) is 14.9 Å². The standard InChI is InChI=1S/C11H19NO5/c1-10(2)6-8(13)9(14)11(3,7-10)17-5-4-12(15)16/h9,14H,4-7H2,1-3H3/t9-,11-/m1/s1. The molecule has 0 spiro atoms. The van der Waals surface area contributed by atoms with Gasteiger partial charge < -0.3 is 9.84 Å². The highest BCUT2D eigenvalue weighted by Crippen LogP contribution is 2.41. The first-order chi connectivity index (χ1) is 7.66. The number of ether oxygens (including phenoxy) is 1. The van der Waals surface area contributed by atoms with Crippen LogP contribution in [0.1, 0.15) is 33.6 Å². The van der Waals surface area contributed by atoms with E-state index in [1.54, 1.807) is 6.92 Å². The molecule has 17 heavy (non-hydrogen) atoms. The van der Waals surface area contributed by atoms with Crippen molar-refractivity contribution in [3.05, 3.63) is 10.1 Å². The summed E-state index contributed by atoms with van der Waals surface area (Å²) in [5.74, 6) is -0.259. The number of carbonyl (C=O) groups excluding carboxylic acids is 1. The van der Waals surface area contributed by atoms with Crippen LogP contribution in [0, 0.1) is 15.5 Å². The molecule has 0 heterocycles. The molecule has 2 atom stereocenters. The summed E-state index contributed by atoms with van der Waals surface area (Å²) >= 11 is 0. The maximum Gasteiger partial charge on any atom is 0.226 e. The zero-order chi connectivity index (χ0) is 13.3. The second-order valence-electron chi connectivity index (χ2n) is 5.60. The Hall–Kier alpha value is -1.01. The molecule has 6 heteroatoms. The Balaban J connectivity index is 2.70. The van der Waals surface area contributed by atoms with Crippen molar-refractivity contribution >= 4 is 5.78 Å². The molecule has 1 aliphatic carbocycles. The lowest BCUT2D eigenvalue weighted by molar-refractivity contribution is -0.485. The van der Waals surface area contributed by atoms with E-state index >= 15 is 0 Å². The number of hydrogen-bond acceptors (Lipinski definition) is 5. The Morgan fingerprint density at radius 3 is 2.65 bits per heavy atom. The molecule has 1 fully saturated rings. The molecule has 6 nitrogen and oxygen atoms in total. The highest BCUT2D eigenvalue weighted by molar-refractivity contribution is 5.85. The van der Waals surface area contributed by atoms with E-state index in [2.05, 4.69) is 0 Å². The van der Waals surface area contributed by atoms with Gasteiger partial charge in [-0.2, -0.15) is 0 Å². The first-order valence-electron chi connectivity index (χ1n) is 5.63. The number of ketones is 1. The maximum absolute atomic E-state index is 11.7. The molecular weight excluding hydrogens is 226 g/mol. The van der Waals surface area contributed by atoms with Crippen molar-refractivity contribution in [2.24, 2.45) is 5.41 Å². The second-order valence-corrected chi connectivity index (χ2v) is 5.60. The van der Waals surface area contributed by atoms with Gasteiger partial charge >= 0.3 is 0 Å². The smallest absolute Gasteiger partial charge is 0.226 e. The largest absolute Gasteiger partial charge is 0.382 e. The summed E-state index contributed by atoms with van der Waals surface area (Å²) in [6.07, 6.45) is -0.380.